The fourth-order valence-electron chi connectivity index (χ4n) is 3.46. The summed E-state index contributed by atoms with van der Waals surface area (Å²) in [5.41, 5.74) is 3.00. The molecule has 0 radical (unpaired) electrons. The van der Waals surface area contributed by atoms with Gasteiger partial charge in [-0.3, -0.25) is 9.59 Å². The highest BCUT2D eigenvalue weighted by Crippen LogP contribution is 2.12. The van der Waals surface area contributed by atoms with E-state index in [-0.39, 0.29) is 18.4 Å². The molecule has 1 aromatic heterocycles. The molecule has 33 heavy (non-hydrogen) atoms. The normalized spacial score (nSPS) is 11.0. The maximum Gasteiger partial charge on any atom is 0.247 e. The first kappa shape index (κ1) is 24.0. The van der Waals surface area contributed by atoms with E-state index in [1.807, 2.05) is 90.6 Å². The number of methoxy groups -OCH3 is 1. The first-order valence-electron chi connectivity index (χ1n) is 11.0. The van der Waals surface area contributed by atoms with Crippen LogP contribution in [0.25, 0.3) is 6.08 Å². The molecule has 2 aromatic carbocycles. The highest BCUT2D eigenvalue weighted by molar-refractivity contribution is 5.94. The summed E-state index contributed by atoms with van der Waals surface area (Å²) in [7, 11) is 3.55. The Kier molecular flexibility index (Phi) is 9.03. The van der Waals surface area contributed by atoms with E-state index in [9.17, 15) is 9.59 Å². The molecule has 3 rings (SSSR count). The Hall–Kier alpha value is -3.64. The lowest BCUT2D eigenvalue weighted by atomic mass is 10.2. The quantitative estimate of drug-likeness (QED) is 0.423. The minimum Gasteiger partial charge on any atom is -0.383 e. The van der Waals surface area contributed by atoms with Crippen LogP contribution in [0.1, 0.15) is 16.8 Å². The monoisotopic (exact) mass is 445 g/mol. The number of ether oxygens (including phenoxy) is 1. The number of hydrogen-bond acceptors (Lipinski definition) is 3. The van der Waals surface area contributed by atoms with Gasteiger partial charge in [-0.1, -0.05) is 60.7 Å². The van der Waals surface area contributed by atoms with E-state index in [0.717, 1.165) is 16.8 Å². The Morgan fingerprint density at radius 3 is 2.24 bits per heavy atom. The molecule has 6 heteroatoms. The van der Waals surface area contributed by atoms with E-state index < -0.39 is 0 Å². The lowest BCUT2D eigenvalue weighted by molar-refractivity contribution is -0.139. The maximum atomic E-state index is 13.4. The number of amides is 2. The second-order valence-electron chi connectivity index (χ2n) is 7.84. The number of rotatable bonds is 11. The molecule has 0 fully saturated rings. The molecular weight excluding hydrogens is 414 g/mol. The molecule has 0 aliphatic carbocycles. The Morgan fingerprint density at radius 1 is 0.909 bits per heavy atom. The number of benzene rings is 2. The fourth-order valence-corrected chi connectivity index (χ4v) is 3.46. The molecule has 0 aliphatic heterocycles. The van der Waals surface area contributed by atoms with Gasteiger partial charge in [-0.05, 0) is 29.3 Å². The third kappa shape index (κ3) is 7.47. The topological polar surface area (TPSA) is 54.8 Å². The van der Waals surface area contributed by atoms with Crippen LogP contribution >= 0.6 is 0 Å². The number of carbonyl (C=O) groups excluding carboxylic acids is 2. The average molecular weight is 446 g/mol. The Morgan fingerprint density at radius 2 is 1.61 bits per heavy atom. The van der Waals surface area contributed by atoms with Crippen molar-refractivity contribution in [1.29, 1.82) is 0 Å². The van der Waals surface area contributed by atoms with Gasteiger partial charge in [0.1, 0.15) is 6.54 Å². The first-order chi connectivity index (χ1) is 16.1. The molecule has 1 heterocycles. The minimum absolute atomic E-state index is 0.0153. The van der Waals surface area contributed by atoms with Crippen LogP contribution in [0.5, 0.6) is 0 Å². The zero-order valence-corrected chi connectivity index (χ0v) is 19.3. The van der Waals surface area contributed by atoms with Crippen molar-refractivity contribution >= 4 is 17.9 Å². The zero-order chi connectivity index (χ0) is 23.5. The molecule has 0 unspecified atom stereocenters. The second-order valence-corrected chi connectivity index (χ2v) is 7.84. The van der Waals surface area contributed by atoms with Gasteiger partial charge in [0.25, 0.3) is 0 Å². The summed E-state index contributed by atoms with van der Waals surface area (Å²) in [6.45, 7) is 1.61. The Bertz CT molecular complexity index is 1040. The van der Waals surface area contributed by atoms with E-state index in [0.29, 0.717) is 26.2 Å². The lowest BCUT2D eigenvalue weighted by Gasteiger charge is -2.27. The molecule has 0 atom stereocenters. The molecule has 0 saturated heterocycles. The van der Waals surface area contributed by atoms with Crippen molar-refractivity contribution in [2.75, 3.05) is 26.8 Å². The van der Waals surface area contributed by atoms with Crippen molar-refractivity contribution in [3.8, 4) is 0 Å². The number of carbonyl (C=O) groups is 2. The van der Waals surface area contributed by atoms with Crippen LogP contribution in [0.3, 0.4) is 0 Å². The van der Waals surface area contributed by atoms with Crippen molar-refractivity contribution in [2.24, 2.45) is 7.05 Å². The molecule has 6 nitrogen and oxygen atoms in total. The van der Waals surface area contributed by atoms with Gasteiger partial charge in [-0.15, -0.1) is 0 Å². The molecule has 0 spiro atoms. The van der Waals surface area contributed by atoms with Crippen molar-refractivity contribution in [2.45, 2.75) is 13.1 Å². The molecule has 3 aromatic rings. The third-order valence-corrected chi connectivity index (χ3v) is 5.39. The first-order valence-corrected chi connectivity index (χ1v) is 11.0. The van der Waals surface area contributed by atoms with E-state index >= 15 is 0 Å². The number of aromatic nitrogens is 1. The van der Waals surface area contributed by atoms with Crippen LogP contribution in [-0.4, -0.2) is 53.0 Å². The van der Waals surface area contributed by atoms with Crippen LogP contribution in [-0.2, 0) is 34.5 Å². The maximum absolute atomic E-state index is 13.4. The summed E-state index contributed by atoms with van der Waals surface area (Å²) in [5.74, 6) is -0.333. The van der Waals surface area contributed by atoms with Gasteiger partial charge in [0.2, 0.25) is 11.8 Å². The molecule has 0 N–H and O–H groups in total. The lowest BCUT2D eigenvalue weighted by Crippen LogP contribution is -2.43. The van der Waals surface area contributed by atoms with E-state index in [4.69, 9.17) is 4.74 Å². The zero-order valence-electron chi connectivity index (χ0n) is 19.3. The van der Waals surface area contributed by atoms with Crippen LogP contribution in [0, 0.1) is 0 Å². The van der Waals surface area contributed by atoms with Crippen LogP contribution in [0.4, 0.5) is 0 Å². The van der Waals surface area contributed by atoms with Crippen molar-refractivity contribution in [1.82, 2.24) is 14.4 Å². The molecule has 0 aliphatic rings. The third-order valence-electron chi connectivity index (χ3n) is 5.39. The van der Waals surface area contributed by atoms with Gasteiger partial charge in [0.15, 0.2) is 0 Å². The predicted octanol–water partition coefficient (Wildman–Crippen LogP) is 3.74. The van der Waals surface area contributed by atoms with Gasteiger partial charge in [0.05, 0.1) is 13.2 Å². The highest BCUT2D eigenvalue weighted by Gasteiger charge is 2.21. The van der Waals surface area contributed by atoms with E-state index in [2.05, 4.69) is 0 Å². The molecule has 0 bridgehead atoms. The molecule has 172 valence electrons. The summed E-state index contributed by atoms with van der Waals surface area (Å²) >= 11 is 0. The number of hydrogen-bond donors (Lipinski definition) is 0. The van der Waals surface area contributed by atoms with Crippen molar-refractivity contribution in [3.05, 3.63) is 102 Å². The smallest absolute Gasteiger partial charge is 0.247 e. The average Bonchev–Trinajstić information content (AvgIpc) is 3.25. The standard InChI is InChI=1S/C27H31N3O3/c1-28-17-9-14-25(28)21-30(20-24-12-7-4-8-13-24)27(32)22-29(18-19-33-2)26(31)16-15-23-10-5-3-6-11-23/h3-17H,18-22H2,1-2H3/b16-15+. The van der Waals surface area contributed by atoms with Gasteiger partial charge in [0, 0.05) is 45.2 Å². The summed E-state index contributed by atoms with van der Waals surface area (Å²) < 4.78 is 7.18. The summed E-state index contributed by atoms with van der Waals surface area (Å²) in [4.78, 5) is 29.6. The minimum atomic E-state index is -0.220. The predicted molar refractivity (Wildman–Crippen MR) is 130 cm³/mol. The van der Waals surface area contributed by atoms with Gasteiger partial charge in [-0.25, -0.2) is 0 Å². The van der Waals surface area contributed by atoms with Crippen molar-refractivity contribution < 1.29 is 14.3 Å². The summed E-state index contributed by atoms with van der Waals surface area (Å²) in [5, 5.41) is 0. The largest absolute Gasteiger partial charge is 0.383 e. The van der Waals surface area contributed by atoms with Crippen LogP contribution in [0.2, 0.25) is 0 Å². The number of nitrogens with zero attached hydrogens (tertiary/aromatic N) is 3. The van der Waals surface area contributed by atoms with Gasteiger partial charge in [-0.2, -0.15) is 0 Å². The number of aryl methyl sites for hydroxylation is 1. The van der Waals surface area contributed by atoms with Gasteiger partial charge < -0.3 is 19.1 Å². The highest BCUT2D eigenvalue weighted by atomic mass is 16.5. The van der Waals surface area contributed by atoms with Crippen molar-refractivity contribution in [3.63, 3.8) is 0 Å². The Balaban J connectivity index is 1.75. The van der Waals surface area contributed by atoms with Gasteiger partial charge >= 0.3 is 0 Å². The van der Waals surface area contributed by atoms with Crippen LogP contribution < -0.4 is 0 Å². The SMILES string of the molecule is COCCN(CC(=O)N(Cc1ccccc1)Cc1cccn1C)C(=O)/C=C/c1ccccc1. The molecular formula is C27H31N3O3. The second kappa shape index (κ2) is 12.4. The fraction of sp³-hybridized carbons (Fsp3) is 0.259. The van der Waals surface area contributed by atoms with E-state index in [1.54, 1.807) is 18.1 Å². The summed E-state index contributed by atoms with van der Waals surface area (Å²) in [6.07, 6.45) is 5.23. The molecule has 2 amide bonds. The summed E-state index contributed by atoms with van der Waals surface area (Å²) in [6, 6.07) is 23.5. The van der Waals surface area contributed by atoms with E-state index in [1.165, 1.54) is 11.0 Å². The van der Waals surface area contributed by atoms with Crippen LogP contribution in [0.15, 0.2) is 85.1 Å². The molecule has 0 saturated carbocycles. The Labute approximate surface area is 195 Å².